The van der Waals surface area contributed by atoms with Crippen LogP contribution in [-0.4, -0.2) is 25.1 Å². The number of carbonyl (C=O) groups excluding carboxylic acids is 1. The molecule has 0 radical (unpaired) electrons. The average molecular weight is 291 g/mol. The van der Waals surface area contributed by atoms with Crippen molar-refractivity contribution in [3.8, 4) is 0 Å². The first-order chi connectivity index (χ1) is 9.52. The van der Waals surface area contributed by atoms with E-state index < -0.39 is 5.97 Å². The number of anilines is 2. The second-order valence-corrected chi connectivity index (χ2v) is 5.27. The summed E-state index contributed by atoms with van der Waals surface area (Å²) in [4.78, 5) is 18.0. The summed E-state index contributed by atoms with van der Waals surface area (Å²) in [7, 11) is 3.30. The highest BCUT2D eigenvalue weighted by molar-refractivity contribution is 7.07. The number of nitrogen functional groups attached to an aromatic ring is 1. The predicted molar refractivity (Wildman–Crippen MR) is 81.2 cm³/mol. The second-order valence-electron chi connectivity index (χ2n) is 4.55. The van der Waals surface area contributed by atoms with E-state index in [1.165, 1.54) is 7.11 Å². The van der Waals surface area contributed by atoms with E-state index in [1.54, 1.807) is 22.9 Å². The van der Waals surface area contributed by atoms with E-state index in [0.717, 1.165) is 16.9 Å². The van der Waals surface area contributed by atoms with Crippen LogP contribution in [-0.2, 0) is 11.3 Å². The molecule has 20 heavy (non-hydrogen) atoms. The van der Waals surface area contributed by atoms with Crippen molar-refractivity contribution in [3.63, 3.8) is 0 Å². The van der Waals surface area contributed by atoms with E-state index >= 15 is 0 Å². The van der Waals surface area contributed by atoms with Crippen LogP contribution in [0.5, 0.6) is 0 Å². The minimum atomic E-state index is -0.422. The number of ether oxygens (including phenoxy) is 1. The Balaban J connectivity index is 2.32. The van der Waals surface area contributed by atoms with Crippen LogP contribution in [0.4, 0.5) is 11.4 Å². The van der Waals surface area contributed by atoms with Crippen molar-refractivity contribution >= 4 is 28.7 Å². The molecular weight excluding hydrogens is 274 g/mol. The summed E-state index contributed by atoms with van der Waals surface area (Å²) in [5.41, 5.74) is 11.3. The lowest BCUT2D eigenvalue weighted by Gasteiger charge is -2.20. The third-order valence-electron chi connectivity index (χ3n) is 3.10. The Bertz CT molecular complexity index is 611. The first kappa shape index (κ1) is 14.3. The van der Waals surface area contributed by atoms with E-state index in [1.807, 2.05) is 30.3 Å². The van der Waals surface area contributed by atoms with E-state index in [0.29, 0.717) is 17.8 Å². The van der Waals surface area contributed by atoms with Gasteiger partial charge in [0.05, 0.1) is 30.4 Å². The van der Waals surface area contributed by atoms with Crippen LogP contribution in [0.15, 0.2) is 23.0 Å². The van der Waals surface area contributed by atoms with Gasteiger partial charge in [0.1, 0.15) is 0 Å². The Labute approximate surface area is 122 Å². The molecule has 1 aromatic heterocycles. The molecule has 0 saturated carbocycles. The highest BCUT2D eigenvalue weighted by Gasteiger charge is 2.15. The summed E-state index contributed by atoms with van der Waals surface area (Å²) in [5.74, 6) is -0.422. The normalized spacial score (nSPS) is 10.3. The number of aromatic nitrogens is 1. The van der Waals surface area contributed by atoms with Crippen molar-refractivity contribution in [1.29, 1.82) is 0 Å². The Hall–Kier alpha value is -2.08. The van der Waals surface area contributed by atoms with Crippen LogP contribution in [0.3, 0.4) is 0 Å². The number of rotatable bonds is 4. The van der Waals surface area contributed by atoms with Crippen LogP contribution >= 0.6 is 11.3 Å². The van der Waals surface area contributed by atoms with Gasteiger partial charge in [-0.25, -0.2) is 9.78 Å². The molecule has 0 atom stereocenters. The van der Waals surface area contributed by atoms with Crippen molar-refractivity contribution in [3.05, 3.63) is 39.8 Å². The molecule has 0 unspecified atom stereocenters. The molecule has 5 nitrogen and oxygen atoms in total. The minimum absolute atomic E-state index is 0.396. The van der Waals surface area contributed by atoms with Gasteiger partial charge in [0.15, 0.2) is 0 Å². The number of hydrogen-bond acceptors (Lipinski definition) is 6. The lowest BCUT2D eigenvalue weighted by Crippen LogP contribution is -2.18. The zero-order chi connectivity index (χ0) is 14.7. The molecular formula is C14H17N3O2S. The number of esters is 1. The summed E-state index contributed by atoms with van der Waals surface area (Å²) >= 11 is 1.56. The smallest absolute Gasteiger partial charge is 0.340 e. The zero-order valence-electron chi connectivity index (χ0n) is 11.7. The zero-order valence-corrected chi connectivity index (χ0v) is 12.5. The Morgan fingerprint density at radius 2 is 2.25 bits per heavy atom. The van der Waals surface area contributed by atoms with Gasteiger partial charge < -0.3 is 15.4 Å². The molecule has 0 bridgehead atoms. The maximum atomic E-state index is 11.7. The van der Waals surface area contributed by atoms with Crippen LogP contribution in [0, 0.1) is 6.92 Å². The standard InChI is InChI=1S/C14H17N3O2S/c1-9-4-11(5-12(13(9)15)14(18)19-3)17(2)6-10-7-20-8-16-10/h4-5,7-8H,6,15H2,1-3H3. The largest absolute Gasteiger partial charge is 0.465 e. The number of thiazole rings is 1. The van der Waals surface area contributed by atoms with Crippen LogP contribution < -0.4 is 10.6 Å². The van der Waals surface area contributed by atoms with Crippen molar-refractivity contribution in [2.24, 2.45) is 0 Å². The molecule has 1 heterocycles. The van der Waals surface area contributed by atoms with Crippen LogP contribution in [0.25, 0.3) is 0 Å². The monoisotopic (exact) mass is 291 g/mol. The summed E-state index contributed by atoms with van der Waals surface area (Å²) in [6.45, 7) is 2.55. The molecule has 0 aliphatic heterocycles. The van der Waals surface area contributed by atoms with Crippen molar-refractivity contribution in [2.75, 3.05) is 24.8 Å². The van der Waals surface area contributed by atoms with Gasteiger partial charge in [0.25, 0.3) is 0 Å². The number of methoxy groups -OCH3 is 1. The molecule has 0 spiro atoms. The SMILES string of the molecule is COC(=O)c1cc(N(C)Cc2cscn2)cc(C)c1N. The number of carbonyl (C=O) groups is 1. The highest BCUT2D eigenvalue weighted by atomic mass is 32.1. The summed E-state index contributed by atoms with van der Waals surface area (Å²) in [6.07, 6.45) is 0. The fourth-order valence-electron chi connectivity index (χ4n) is 1.93. The third kappa shape index (κ3) is 2.91. The van der Waals surface area contributed by atoms with Gasteiger partial charge in [0, 0.05) is 23.8 Å². The number of aryl methyl sites for hydroxylation is 1. The predicted octanol–water partition coefficient (Wildman–Crippen LogP) is 2.46. The molecule has 0 saturated heterocycles. The summed E-state index contributed by atoms with van der Waals surface area (Å²) < 4.78 is 4.76. The van der Waals surface area contributed by atoms with Gasteiger partial charge in [-0.05, 0) is 24.6 Å². The van der Waals surface area contributed by atoms with Crippen molar-refractivity contribution in [1.82, 2.24) is 4.98 Å². The maximum Gasteiger partial charge on any atom is 0.340 e. The number of nitrogens with zero attached hydrogens (tertiary/aromatic N) is 2. The number of benzene rings is 1. The molecule has 0 amide bonds. The molecule has 6 heteroatoms. The first-order valence-corrected chi connectivity index (χ1v) is 7.04. The topological polar surface area (TPSA) is 68.5 Å². The van der Waals surface area contributed by atoms with Gasteiger partial charge in [-0.3, -0.25) is 0 Å². The Kier molecular flexibility index (Phi) is 4.24. The fraction of sp³-hybridized carbons (Fsp3) is 0.286. The molecule has 1 aromatic carbocycles. The molecule has 2 rings (SSSR count). The van der Waals surface area contributed by atoms with E-state index in [2.05, 4.69) is 4.98 Å². The maximum absolute atomic E-state index is 11.7. The van der Waals surface area contributed by atoms with Crippen molar-refractivity contribution in [2.45, 2.75) is 13.5 Å². The number of nitrogens with two attached hydrogens (primary N) is 1. The molecule has 106 valence electrons. The van der Waals surface area contributed by atoms with E-state index in [9.17, 15) is 4.79 Å². The Morgan fingerprint density at radius 1 is 1.50 bits per heavy atom. The highest BCUT2D eigenvalue weighted by Crippen LogP contribution is 2.26. The van der Waals surface area contributed by atoms with E-state index in [4.69, 9.17) is 10.5 Å². The third-order valence-corrected chi connectivity index (χ3v) is 3.74. The van der Waals surface area contributed by atoms with Gasteiger partial charge in [-0.15, -0.1) is 11.3 Å². The lowest BCUT2D eigenvalue weighted by molar-refractivity contribution is 0.0602. The Morgan fingerprint density at radius 3 is 2.85 bits per heavy atom. The minimum Gasteiger partial charge on any atom is -0.465 e. The van der Waals surface area contributed by atoms with Gasteiger partial charge in [0.2, 0.25) is 0 Å². The summed E-state index contributed by atoms with van der Waals surface area (Å²) in [5, 5.41) is 2.00. The molecule has 2 N–H and O–H groups in total. The lowest BCUT2D eigenvalue weighted by atomic mass is 10.1. The van der Waals surface area contributed by atoms with Crippen LogP contribution in [0.1, 0.15) is 21.6 Å². The van der Waals surface area contributed by atoms with Gasteiger partial charge in [-0.1, -0.05) is 0 Å². The van der Waals surface area contributed by atoms with Crippen molar-refractivity contribution < 1.29 is 9.53 Å². The molecule has 0 fully saturated rings. The average Bonchev–Trinajstić information content (AvgIpc) is 2.93. The fourth-order valence-corrected chi connectivity index (χ4v) is 2.48. The second kappa shape index (κ2) is 5.92. The summed E-state index contributed by atoms with van der Waals surface area (Å²) in [6, 6.07) is 3.70. The van der Waals surface area contributed by atoms with Gasteiger partial charge >= 0.3 is 5.97 Å². The van der Waals surface area contributed by atoms with Gasteiger partial charge in [-0.2, -0.15) is 0 Å². The van der Waals surface area contributed by atoms with E-state index in [-0.39, 0.29) is 0 Å². The van der Waals surface area contributed by atoms with Crippen LogP contribution in [0.2, 0.25) is 0 Å². The number of hydrogen-bond donors (Lipinski definition) is 1. The molecule has 2 aromatic rings. The molecule has 0 aliphatic carbocycles. The quantitative estimate of drug-likeness (QED) is 0.692. The molecule has 0 aliphatic rings. The first-order valence-electron chi connectivity index (χ1n) is 6.09.